The van der Waals surface area contributed by atoms with Gasteiger partial charge in [0.2, 0.25) is 10.0 Å². The summed E-state index contributed by atoms with van der Waals surface area (Å²) in [5.74, 6) is -2.00. The molecule has 2 aliphatic heterocycles. The fourth-order valence-corrected chi connectivity index (χ4v) is 6.99. The summed E-state index contributed by atoms with van der Waals surface area (Å²) in [6, 6.07) is 9.09. The third-order valence-electron chi connectivity index (χ3n) is 7.27. The van der Waals surface area contributed by atoms with Gasteiger partial charge in [-0.2, -0.15) is 4.31 Å². The molecule has 3 heterocycles. The van der Waals surface area contributed by atoms with Gasteiger partial charge in [-0.3, -0.25) is 18.7 Å². The number of carbonyl (C=O) groups excluding carboxylic acids is 2. The van der Waals surface area contributed by atoms with Crippen LogP contribution >= 0.6 is 0 Å². The van der Waals surface area contributed by atoms with Gasteiger partial charge in [-0.1, -0.05) is 17.3 Å². The van der Waals surface area contributed by atoms with Crippen LogP contribution < -0.4 is 4.90 Å². The van der Waals surface area contributed by atoms with Crippen molar-refractivity contribution in [2.45, 2.75) is 55.8 Å². The Morgan fingerprint density at radius 2 is 1.90 bits per heavy atom. The van der Waals surface area contributed by atoms with E-state index >= 15 is 0 Å². The quantitative estimate of drug-likeness (QED) is 0.255. The molecule has 3 aromatic rings. The molecule has 13 heteroatoms. The highest BCUT2D eigenvalue weighted by molar-refractivity contribution is 7.89. The number of anilines is 1. The highest BCUT2D eigenvalue weighted by Crippen LogP contribution is 2.37. The highest BCUT2D eigenvalue weighted by Gasteiger charge is 2.43. The highest BCUT2D eigenvalue weighted by atomic mass is 32.2. The van der Waals surface area contributed by atoms with Crippen LogP contribution in [0.3, 0.4) is 0 Å². The number of alkyl halides is 1. The van der Waals surface area contributed by atoms with Gasteiger partial charge >= 0.3 is 0 Å². The maximum atomic E-state index is 13.8. The van der Waals surface area contributed by atoms with Gasteiger partial charge in [-0.25, -0.2) is 12.8 Å². The van der Waals surface area contributed by atoms with Crippen LogP contribution in [0.4, 0.5) is 14.5 Å². The first-order chi connectivity index (χ1) is 19.2. The fourth-order valence-electron chi connectivity index (χ4n) is 5.27. The van der Waals surface area contributed by atoms with Crippen LogP contribution in [0.5, 0.6) is 0 Å². The molecule has 5 rings (SSSR count). The zero-order valence-electron chi connectivity index (χ0n) is 21.9. The number of rotatable bonds is 11. The number of fused-ring (bicyclic) bond motifs is 1. The van der Waals surface area contributed by atoms with E-state index in [1.807, 2.05) is 0 Å². The predicted molar refractivity (Wildman–Crippen MR) is 140 cm³/mol. The number of aromatic nitrogens is 3. The molecule has 0 saturated carbocycles. The fraction of sp³-hybridized carbons (Fsp3) is 0.407. The van der Waals surface area contributed by atoms with Crippen molar-refractivity contribution in [3.8, 4) is 0 Å². The second-order valence-electron chi connectivity index (χ2n) is 9.81. The first-order valence-electron chi connectivity index (χ1n) is 13.0. The van der Waals surface area contributed by atoms with Crippen LogP contribution in [0.2, 0.25) is 0 Å². The molecule has 2 atom stereocenters. The molecule has 2 aliphatic rings. The number of ketones is 1. The zero-order valence-corrected chi connectivity index (χ0v) is 22.7. The van der Waals surface area contributed by atoms with Crippen molar-refractivity contribution in [2.24, 2.45) is 0 Å². The summed E-state index contributed by atoms with van der Waals surface area (Å²) in [6.45, 7) is 0.367. The number of carbonyl (C=O) groups is 2. The molecule has 0 aliphatic carbocycles. The van der Waals surface area contributed by atoms with E-state index in [0.29, 0.717) is 49.2 Å². The number of Topliss-reactive ketones (excluding diaryl/α,β-unsaturated/α-hetero) is 1. The average molecular weight is 574 g/mol. The topological polar surface area (TPSA) is 115 Å². The molecule has 0 spiro atoms. The first kappa shape index (κ1) is 28.0. The van der Waals surface area contributed by atoms with Crippen molar-refractivity contribution in [3.63, 3.8) is 0 Å². The number of benzene rings is 2. The molecule has 10 nitrogen and oxygen atoms in total. The summed E-state index contributed by atoms with van der Waals surface area (Å²) in [7, 11) is -2.59. The molecule has 0 N–H and O–H groups in total. The molecule has 40 heavy (non-hydrogen) atoms. The van der Waals surface area contributed by atoms with E-state index in [4.69, 9.17) is 4.74 Å². The van der Waals surface area contributed by atoms with Crippen LogP contribution in [0.15, 0.2) is 53.6 Å². The van der Waals surface area contributed by atoms with Crippen LogP contribution in [0, 0.1) is 5.82 Å². The number of hydrogen-bond donors (Lipinski definition) is 0. The lowest BCUT2D eigenvalue weighted by atomic mass is 10.1. The molecule has 1 aromatic heterocycles. The van der Waals surface area contributed by atoms with E-state index in [0.717, 1.165) is 0 Å². The molecular weight excluding hydrogens is 544 g/mol. The summed E-state index contributed by atoms with van der Waals surface area (Å²) in [5.41, 5.74) is 1.40. The Kier molecular flexibility index (Phi) is 8.06. The number of hydrogen-bond acceptors (Lipinski definition) is 7. The van der Waals surface area contributed by atoms with Gasteiger partial charge in [-0.15, -0.1) is 5.10 Å². The number of aryl methyl sites for hydroxylation is 1. The van der Waals surface area contributed by atoms with Crippen molar-refractivity contribution < 1.29 is 31.5 Å². The van der Waals surface area contributed by atoms with E-state index in [9.17, 15) is 26.8 Å². The van der Waals surface area contributed by atoms with Crippen molar-refractivity contribution >= 4 is 27.4 Å². The van der Waals surface area contributed by atoms with E-state index in [2.05, 4.69) is 10.3 Å². The Morgan fingerprint density at radius 1 is 1.12 bits per heavy atom. The van der Waals surface area contributed by atoms with Gasteiger partial charge in [0.1, 0.15) is 17.6 Å². The Balaban J connectivity index is 1.39. The lowest BCUT2D eigenvalue weighted by molar-refractivity contribution is -0.114. The molecule has 2 aromatic carbocycles. The van der Waals surface area contributed by atoms with Gasteiger partial charge in [0.25, 0.3) is 11.7 Å². The van der Waals surface area contributed by atoms with E-state index in [1.54, 1.807) is 10.9 Å². The number of halogens is 2. The van der Waals surface area contributed by atoms with E-state index in [-0.39, 0.29) is 23.5 Å². The second kappa shape index (κ2) is 11.5. The van der Waals surface area contributed by atoms with Crippen molar-refractivity contribution in [2.75, 3.05) is 25.2 Å². The van der Waals surface area contributed by atoms with E-state index < -0.39 is 46.4 Å². The summed E-state index contributed by atoms with van der Waals surface area (Å²) in [6.07, 6.45) is 3.14. The van der Waals surface area contributed by atoms with Crippen molar-refractivity contribution in [1.82, 2.24) is 19.3 Å². The lowest BCUT2D eigenvalue weighted by Crippen LogP contribution is -2.40. The van der Waals surface area contributed by atoms with Crippen molar-refractivity contribution in [3.05, 3.63) is 71.3 Å². The number of ether oxygens (including phenoxy) is 1. The third kappa shape index (κ3) is 5.28. The Morgan fingerprint density at radius 3 is 2.62 bits per heavy atom. The predicted octanol–water partition coefficient (Wildman–Crippen LogP) is 3.44. The standard InChI is InChI=1S/C27H29F2N5O5S/c1-39-26(22-17-32(31-30-22)13-3-2-12-28)24-5-4-14-34(24)40(37,38)20-10-11-23-21(15-20)25(35)27(36)33(23)16-18-6-8-19(29)9-7-18/h6-11,15,17,24,26H,2-5,12-14,16H2,1H3/t24?,26-/m1/s1. The van der Waals surface area contributed by atoms with Crippen molar-refractivity contribution in [1.29, 1.82) is 0 Å². The normalized spacial score (nSPS) is 18.5. The lowest BCUT2D eigenvalue weighted by Gasteiger charge is -2.29. The smallest absolute Gasteiger partial charge is 0.299 e. The van der Waals surface area contributed by atoms with Crippen LogP contribution in [0.1, 0.15) is 53.4 Å². The summed E-state index contributed by atoms with van der Waals surface area (Å²) < 4.78 is 62.0. The van der Waals surface area contributed by atoms with Gasteiger partial charge < -0.3 is 9.64 Å². The molecule has 0 bridgehead atoms. The molecule has 1 saturated heterocycles. The minimum atomic E-state index is -4.07. The maximum Gasteiger partial charge on any atom is 0.299 e. The summed E-state index contributed by atoms with van der Waals surface area (Å²) in [4.78, 5) is 26.8. The Labute approximate surface area is 230 Å². The van der Waals surface area contributed by atoms with Crippen LogP contribution in [-0.4, -0.2) is 65.8 Å². The molecule has 1 unspecified atom stereocenters. The summed E-state index contributed by atoms with van der Waals surface area (Å²) >= 11 is 0. The van der Waals surface area contributed by atoms with Gasteiger partial charge in [0, 0.05) is 20.2 Å². The Hall–Kier alpha value is -3.55. The Bertz CT molecular complexity index is 1510. The number of unbranched alkanes of at least 4 members (excludes halogenated alkanes) is 1. The monoisotopic (exact) mass is 573 g/mol. The number of methoxy groups -OCH3 is 1. The van der Waals surface area contributed by atoms with Crippen LogP contribution in [0.25, 0.3) is 0 Å². The SMILES string of the molecule is CO[C@H](c1cn(CCCCF)nn1)C1CCCN1S(=O)(=O)c1ccc2c(c1)C(=O)C(=O)N2Cc1ccc(F)cc1. The number of amides is 1. The van der Waals surface area contributed by atoms with Gasteiger partial charge in [0.15, 0.2) is 0 Å². The third-order valence-corrected chi connectivity index (χ3v) is 9.19. The molecule has 212 valence electrons. The van der Waals surface area contributed by atoms with E-state index in [1.165, 1.54) is 58.8 Å². The van der Waals surface area contributed by atoms with Gasteiger partial charge in [-0.05, 0) is 61.6 Å². The molecule has 1 amide bonds. The maximum absolute atomic E-state index is 13.8. The first-order valence-corrected chi connectivity index (χ1v) is 14.4. The minimum Gasteiger partial charge on any atom is -0.373 e. The second-order valence-corrected chi connectivity index (χ2v) is 11.7. The average Bonchev–Trinajstić information content (AvgIpc) is 3.68. The van der Waals surface area contributed by atoms with Crippen LogP contribution in [-0.2, 0) is 32.6 Å². The molecule has 1 fully saturated rings. The molecule has 0 radical (unpaired) electrons. The summed E-state index contributed by atoms with van der Waals surface area (Å²) in [5, 5.41) is 8.25. The minimum absolute atomic E-state index is 0.00319. The zero-order chi connectivity index (χ0) is 28.4. The van der Waals surface area contributed by atoms with Gasteiger partial charge in [0.05, 0.1) is 41.6 Å². The molecular formula is C27H29F2N5O5S. The largest absolute Gasteiger partial charge is 0.373 e. The number of sulfonamides is 1. The number of nitrogens with zero attached hydrogens (tertiary/aromatic N) is 5.